The van der Waals surface area contributed by atoms with Crippen molar-refractivity contribution < 1.29 is 0 Å². The van der Waals surface area contributed by atoms with Gasteiger partial charge in [-0.05, 0) is 31.5 Å². The summed E-state index contributed by atoms with van der Waals surface area (Å²) >= 11 is 5.83. The predicted molar refractivity (Wildman–Crippen MR) is 75.9 cm³/mol. The van der Waals surface area contributed by atoms with E-state index in [2.05, 4.69) is 25.3 Å². The Balaban J connectivity index is 2.01. The van der Waals surface area contributed by atoms with Gasteiger partial charge in [0.2, 0.25) is 0 Å². The number of H-pyrrole nitrogens is 1. The van der Waals surface area contributed by atoms with E-state index >= 15 is 0 Å². The molecule has 2 N–H and O–H groups in total. The molecule has 0 radical (unpaired) electrons. The van der Waals surface area contributed by atoms with Gasteiger partial charge in [-0.3, -0.25) is 0 Å². The smallest absolute Gasteiger partial charge is 0.135 e. The fourth-order valence-electron chi connectivity index (χ4n) is 2.03. The molecule has 0 bridgehead atoms. The lowest BCUT2D eigenvalue weighted by atomic mass is 10.2. The number of anilines is 2. The van der Waals surface area contributed by atoms with E-state index < -0.39 is 0 Å². The molecule has 2 heterocycles. The summed E-state index contributed by atoms with van der Waals surface area (Å²) in [7, 11) is 0. The number of halogens is 1. The largest absolute Gasteiger partial charge is 0.342 e. The third kappa shape index (κ3) is 2.37. The van der Waals surface area contributed by atoms with Crippen LogP contribution in [0, 0.1) is 13.8 Å². The van der Waals surface area contributed by atoms with E-state index in [1.165, 1.54) is 6.33 Å². The van der Waals surface area contributed by atoms with E-state index in [1.807, 2.05) is 26.0 Å². The summed E-state index contributed by atoms with van der Waals surface area (Å²) in [6.45, 7) is 3.98. The lowest BCUT2D eigenvalue weighted by Crippen LogP contribution is -1.95. The van der Waals surface area contributed by atoms with Gasteiger partial charge in [0, 0.05) is 11.8 Å². The predicted octanol–water partition coefficient (Wildman–Crippen LogP) is 3.37. The van der Waals surface area contributed by atoms with Gasteiger partial charge in [0.25, 0.3) is 0 Å². The third-order valence-electron chi connectivity index (χ3n) is 2.81. The molecule has 19 heavy (non-hydrogen) atoms. The molecule has 0 amide bonds. The van der Waals surface area contributed by atoms with Gasteiger partial charge in [-0.1, -0.05) is 11.6 Å². The molecule has 0 aliphatic heterocycles. The van der Waals surface area contributed by atoms with Gasteiger partial charge in [-0.15, -0.1) is 0 Å². The average Bonchev–Trinajstić information content (AvgIpc) is 2.70. The van der Waals surface area contributed by atoms with Crippen LogP contribution in [0.2, 0.25) is 5.15 Å². The van der Waals surface area contributed by atoms with E-state index in [4.69, 9.17) is 11.6 Å². The fraction of sp³-hybridized carbons (Fsp3) is 0.154. The van der Waals surface area contributed by atoms with Crippen LogP contribution >= 0.6 is 11.6 Å². The summed E-state index contributed by atoms with van der Waals surface area (Å²) in [6, 6.07) is 5.69. The molecule has 0 aliphatic carbocycles. The number of aromatic nitrogens is 4. The second-order valence-electron chi connectivity index (χ2n) is 4.36. The number of aryl methyl sites for hydroxylation is 2. The van der Waals surface area contributed by atoms with Crippen LogP contribution in [0.5, 0.6) is 0 Å². The summed E-state index contributed by atoms with van der Waals surface area (Å²) in [5.41, 5.74) is 4.04. The minimum Gasteiger partial charge on any atom is -0.342 e. The maximum absolute atomic E-state index is 5.83. The molecule has 0 saturated carbocycles. The average molecular weight is 274 g/mol. The van der Waals surface area contributed by atoms with Gasteiger partial charge in [0.1, 0.15) is 23.1 Å². The number of aromatic amines is 1. The van der Waals surface area contributed by atoms with Gasteiger partial charge >= 0.3 is 0 Å². The fourth-order valence-corrected chi connectivity index (χ4v) is 2.18. The molecule has 5 nitrogen and oxygen atoms in total. The number of hydrogen-bond acceptors (Lipinski definition) is 4. The Hall–Kier alpha value is -2.14. The molecule has 0 saturated heterocycles. The van der Waals surface area contributed by atoms with Gasteiger partial charge in [0.15, 0.2) is 0 Å². The molecule has 1 aromatic carbocycles. The number of benzene rings is 1. The highest BCUT2D eigenvalue weighted by molar-refractivity contribution is 6.29. The van der Waals surface area contributed by atoms with Gasteiger partial charge in [-0.2, -0.15) is 0 Å². The molecule has 3 rings (SSSR count). The van der Waals surface area contributed by atoms with Crippen LogP contribution in [0.25, 0.3) is 11.0 Å². The van der Waals surface area contributed by atoms with E-state index in [9.17, 15) is 0 Å². The molecule has 2 aromatic heterocycles. The third-order valence-corrected chi connectivity index (χ3v) is 3.02. The zero-order chi connectivity index (χ0) is 13.4. The van der Waals surface area contributed by atoms with E-state index in [-0.39, 0.29) is 0 Å². The first-order valence-electron chi connectivity index (χ1n) is 5.83. The zero-order valence-electron chi connectivity index (χ0n) is 10.5. The van der Waals surface area contributed by atoms with Crippen molar-refractivity contribution in [2.24, 2.45) is 0 Å². The Morgan fingerprint density at radius 3 is 2.79 bits per heavy atom. The van der Waals surface area contributed by atoms with Crippen molar-refractivity contribution in [3.63, 3.8) is 0 Å². The van der Waals surface area contributed by atoms with Crippen molar-refractivity contribution in [2.75, 3.05) is 5.32 Å². The van der Waals surface area contributed by atoms with Crippen LogP contribution in [-0.2, 0) is 0 Å². The van der Waals surface area contributed by atoms with Gasteiger partial charge < -0.3 is 10.3 Å². The normalized spacial score (nSPS) is 10.9. The van der Waals surface area contributed by atoms with Crippen LogP contribution in [0.1, 0.15) is 11.4 Å². The quantitative estimate of drug-likeness (QED) is 0.703. The highest BCUT2D eigenvalue weighted by Gasteiger charge is 2.06. The Labute approximate surface area is 115 Å². The van der Waals surface area contributed by atoms with E-state index in [0.29, 0.717) is 11.0 Å². The number of imidazole rings is 1. The van der Waals surface area contributed by atoms with E-state index in [0.717, 1.165) is 28.1 Å². The summed E-state index contributed by atoms with van der Waals surface area (Å²) in [5, 5.41) is 3.61. The lowest BCUT2D eigenvalue weighted by Gasteiger charge is -2.06. The molecule has 0 fully saturated rings. The van der Waals surface area contributed by atoms with Crippen molar-refractivity contribution in [1.82, 2.24) is 19.9 Å². The first-order chi connectivity index (χ1) is 9.11. The molecule has 0 spiro atoms. The van der Waals surface area contributed by atoms with Crippen LogP contribution in [0.15, 0.2) is 24.5 Å². The Morgan fingerprint density at radius 1 is 1.16 bits per heavy atom. The monoisotopic (exact) mass is 273 g/mol. The molecule has 6 heteroatoms. The van der Waals surface area contributed by atoms with Crippen molar-refractivity contribution >= 4 is 34.1 Å². The minimum atomic E-state index is 0.408. The number of hydrogen-bond donors (Lipinski definition) is 2. The van der Waals surface area contributed by atoms with Crippen LogP contribution < -0.4 is 5.32 Å². The Kier molecular flexibility index (Phi) is 2.83. The van der Waals surface area contributed by atoms with Gasteiger partial charge in [-0.25, -0.2) is 15.0 Å². The zero-order valence-corrected chi connectivity index (χ0v) is 11.3. The SMILES string of the molecule is Cc1nc2cc(Nc3cc(Cl)ncn3)cc(C)c2[nH]1. The number of fused-ring (bicyclic) bond motifs is 1. The molecular weight excluding hydrogens is 262 g/mol. The number of nitrogens with one attached hydrogen (secondary N) is 2. The molecule has 0 atom stereocenters. The highest BCUT2D eigenvalue weighted by atomic mass is 35.5. The second kappa shape index (κ2) is 4.51. The van der Waals surface area contributed by atoms with Crippen LogP contribution in [0.4, 0.5) is 11.5 Å². The molecule has 96 valence electrons. The van der Waals surface area contributed by atoms with E-state index in [1.54, 1.807) is 6.07 Å². The first kappa shape index (κ1) is 11.9. The van der Waals surface area contributed by atoms with Crippen molar-refractivity contribution in [3.8, 4) is 0 Å². The van der Waals surface area contributed by atoms with Crippen molar-refractivity contribution in [2.45, 2.75) is 13.8 Å². The first-order valence-corrected chi connectivity index (χ1v) is 6.21. The molecule has 0 aliphatic rings. The minimum absolute atomic E-state index is 0.408. The highest BCUT2D eigenvalue weighted by Crippen LogP contribution is 2.24. The second-order valence-corrected chi connectivity index (χ2v) is 4.75. The lowest BCUT2D eigenvalue weighted by molar-refractivity contribution is 1.17. The number of nitrogens with zero attached hydrogens (tertiary/aromatic N) is 3. The molecule has 3 aromatic rings. The topological polar surface area (TPSA) is 66.5 Å². The Bertz CT molecular complexity index is 750. The van der Waals surface area contributed by atoms with Crippen LogP contribution in [0.3, 0.4) is 0 Å². The summed E-state index contributed by atoms with van der Waals surface area (Å²) in [4.78, 5) is 15.6. The van der Waals surface area contributed by atoms with Gasteiger partial charge in [0.05, 0.1) is 11.0 Å². The summed E-state index contributed by atoms with van der Waals surface area (Å²) in [6.07, 6.45) is 1.43. The maximum atomic E-state index is 5.83. The summed E-state index contributed by atoms with van der Waals surface area (Å²) in [5.74, 6) is 1.56. The molecular formula is C13H12ClN5. The Morgan fingerprint density at radius 2 is 2.00 bits per heavy atom. The van der Waals surface area contributed by atoms with Crippen LogP contribution in [-0.4, -0.2) is 19.9 Å². The van der Waals surface area contributed by atoms with Crippen molar-refractivity contribution in [1.29, 1.82) is 0 Å². The van der Waals surface area contributed by atoms with Crippen molar-refractivity contribution in [3.05, 3.63) is 41.1 Å². The summed E-state index contributed by atoms with van der Waals surface area (Å²) < 4.78 is 0. The number of rotatable bonds is 2. The standard InChI is InChI=1S/C13H12ClN5/c1-7-3-9(4-10-13(7)18-8(2)17-10)19-12-5-11(14)15-6-16-12/h3-6H,1-2H3,(H,17,18)(H,15,16,19). The maximum Gasteiger partial charge on any atom is 0.135 e. The molecule has 0 unspecified atom stereocenters.